The summed E-state index contributed by atoms with van der Waals surface area (Å²) >= 11 is 0. The van der Waals surface area contributed by atoms with E-state index in [1.165, 1.54) is 64.7 Å². The molecule has 3 fully saturated rings. The van der Waals surface area contributed by atoms with Crippen LogP contribution in [0.5, 0.6) is 0 Å². The SMILES string of the molecule is C1CN[C@@H](CN2C[C@H]3CCCC[C@H]3C2)C1. The predicted molar refractivity (Wildman–Crippen MR) is 62.9 cm³/mol. The molecule has 2 saturated heterocycles. The summed E-state index contributed by atoms with van der Waals surface area (Å²) in [6.45, 7) is 5.39. The Morgan fingerprint density at radius 3 is 2.27 bits per heavy atom. The zero-order chi connectivity index (χ0) is 10.1. The van der Waals surface area contributed by atoms with Gasteiger partial charge < -0.3 is 10.2 Å². The van der Waals surface area contributed by atoms with E-state index in [2.05, 4.69) is 10.2 Å². The Bertz CT molecular complexity index is 197. The van der Waals surface area contributed by atoms with Crippen LogP contribution in [0.25, 0.3) is 0 Å². The minimum Gasteiger partial charge on any atom is -0.313 e. The van der Waals surface area contributed by atoms with E-state index in [9.17, 15) is 0 Å². The van der Waals surface area contributed by atoms with E-state index >= 15 is 0 Å². The van der Waals surface area contributed by atoms with Gasteiger partial charge in [0, 0.05) is 25.7 Å². The van der Waals surface area contributed by atoms with Gasteiger partial charge in [-0.05, 0) is 44.1 Å². The Labute approximate surface area is 93.4 Å². The number of nitrogens with zero attached hydrogens (tertiary/aromatic N) is 1. The van der Waals surface area contributed by atoms with Crippen molar-refractivity contribution in [3.63, 3.8) is 0 Å². The lowest BCUT2D eigenvalue weighted by Gasteiger charge is -2.23. The first kappa shape index (κ1) is 10.1. The molecule has 0 aromatic rings. The average molecular weight is 208 g/mol. The minimum atomic E-state index is 0.810. The van der Waals surface area contributed by atoms with Gasteiger partial charge in [0.1, 0.15) is 0 Å². The second kappa shape index (κ2) is 4.42. The third-order valence-corrected chi connectivity index (χ3v) is 4.69. The first-order chi connectivity index (χ1) is 7.42. The highest BCUT2D eigenvalue weighted by molar-refractivity contribution is 4.89. The summed E-state index contributed by atoms with van der Waals surface area (Å²) < 4.78 is 0. The molecule has 15 heavy (non-hydrogen) atoms. The lowest BCUT2D eigenvalue weighted by Crippen LogP contribution is -2.36. The molecular weight excluding hydrogens is 184 g/mol. The van der Waals surface area contributed by atoms with Crippen LogP contribution in [0.4, 0.5) is 0 Å². The minimum absolute atomic E-state index is 0.810. The fourth-order valence-corrected chi connectivity index (χ4v) is 3.88. The molecule has 0 unspecified atom stereocenters. The molecule has 1 saturated carbocycles. The monoisotopic (exact) mass is 208 g/mol. The molecule has 2 aliphatic heterocycles. The van der Waals surface area contributed by atoms with E-state index in [0.717, 1.165) is 17.9 Å². The maximum atomic E-state index is 3.62. The van der Waals surface area contributed by atoms with E-state index in [0.29, 0.717) is 0 Å². The summed E-state index contributed by atoms with van der Waals surface area (Å²) in [6, 6.07) is 0.810. The zero-order valence-corrected chi connectivity index (χ0v) is 9.75. The smallest absolute Gasteiger partial charge is 0.0195 e. The number of rotatable bonds is 2. The van der Waals surface area contributed by atoms with Gasteiger partial charge in [0.15, 0.2) is 0 Å². The molecule has 3 atom stereocenters. The molecule has 2 heterocycles. The van der Waals surface area contributed by atoms with Crippen molar-refractivity contribution in [3.05, 3.63) is 0 Å². The summed E-state index contributed by atoms with van der Waals surface area (Å²) in [5.41, 5.74) is 0. The van der Waals surface area contributed by atoms with E-state index in [1.807, 2.05) is 0 Å². The van der Waals surface area contributed by atoms with Crippen LogP contribution < -0.4 is 5.32 Å². The maximum Gasteiger partial charge on any atom is 0.0195 e. The zero-order valence-electron chi connectivity index (χ0n) is 9.75. The highest BCUT2D eigenvalue weighted by atomic mass is 15.2. The van der Waals surface area contributed by atoms with Crippen molar-refractivity contribution >= 4 is 0 Å². The summed E-state index contributed by atoms with van der Waals surface area (Å²) in [6.07, 6.45) is 8.82. The van der Waals surface area contributed by atoms with Crippen molar-refractivity contribution in [2.45, 2.75) is 44.6 Å². The van der Waals surface area contributed by atoms with Gasteiger partial charge in [-0.15, -0.1) is 0 Å². The Hall–Kier alpha value is -0.0800. The first-order valence-corrected chi connectivity index (χ1v) is 6.87. The molecule has 0 radical (unpaired) electrons. The van der Waals surface area contributed by atoms with E-state index in [4.69, 9.17) is 0 Å². The van der Waals surface area contributed by atoms with Crippen LogP contribution in [-0.2, 0) is 0 Å². The van der Waals surface area contributed by atoms with Crippen molar-refractivity contribution < 1.29 is 0 Å². The van der Waals surface area contributed by atoms with Crippen molar-refractivity contribution in [2.24, 2.45) is 11.8 Å². The maximum absolute atomic E-state index is 3.62. The van der Waals surface area contributed by atoms with Crippen LogP contribution in [-0.4, -0.2) is 37.1 Å². The van der Waals surface area contributed by atoms with E-state index in [1.54, 1.807) is 0 Å². The topological polar surface area (TPSA) is 15.3 Å². The van der Waals surface area contributed by atoms with Gasteiger partial charge in [-0.2, -0.15) is 0 Å². The number of fused-ring (bicyclic) bond motifs is 1. The molecule has 86 valence electrons. The summed E-state index contributed by atoms with van der Waals surface area (Å²) in [4.78, 5) is 2.74. The predicted octanol–water partition coefficient (Wildman–Crippen LogP) is 1.86. The Morgan fingerprint density at radius 1 is 0.933 bits per heavy atom. The van der Waals surface area contributed by atoms with Crippen LogP contribution in [0, 0.1) is 11.8 Å². The molecule has 3 rings (SSSR count). The first-order valence-electron chi connectivity index (χ1n) is 6.87. The second-order valence-electron chi connectivity index (χ2n) is 5.82. The lowest BCUT2D eigenvalue weighted by atomic mass is 9.82. The summed E-state index contributed by atoms with van der Waals surface area (Å²) in [5.74, 6) is 2.11. The number of likely N-dealkylation sites (tertiary alicyclic amines) is 1. The van der Waals surface area contributed by atoms with Crippen LogP contribution in [0.2, 0.25) is 0 Å². The summed E-state index contributed by atoms with van der Waals surface area (Å²) in [5, 5.41) is 3.62. The number of hydrogen-bond acceptors (Lipinski definition) is 2. The Morgan fingerprint density at radius 2 is 1.67 bits per heavy atom. The molecular formula is C13H24N2. The molecule has 0 aromatic carbocycles. The third kappa shape index (κ3) is 2.21. The molecule has 0 bridgehead atoms. The molecule has 3 aliphatic rings. The molecule has 2 nitrogen and oxygen atoms in total. The quantitative estimate of drug-likeness (QED) is 0.745. The van der Waals surface area contributed by atoms with Crippen LogP contribution >= 0.6 is 0 Å². The third-order valence-electron chi connectivity index (χ3n) is 4.69. The second-order valence-corrected chi connectivity index (χ2v) is 5.82. The van der Waals surface area contributed by atoms with Crippen molar-refractivity contribution in [1.82, 2.24) is 10.2 Å². The molecule has 0 spiro atoms. The highest BCUT2D eigenvalue weighted by Gasteiger charge is 2.35. The molecule has 2 heteroatoms. The van der Waals surface area contributed by atoms with E-state index < -0.39 is 0 Å². The Kier molecular flexibility index (Phi) is 2.98. The standard InChI is InChI=1S/C13H24N2/c1-2-5-12-9-15(8-11(12)4-1)10-13-6-3-7-14-13/h11-14H,1-10H2/t11-,12+,13-/m1/s1. The molecule has 1 N–H and O–H groups in total. The van der Waals surface area contributed by atoms with Crippen molar-refractivity contribution in [3.8, 4) is 0 Å². The fourth-order valence-electron chi connectivity index (χ4n) is 3.88. The number of hydrogen-bond donors (Lipinski definition) is 1. The van der Waals surface area contributed by atoms with Gasteiger partial charge in [-0.1, -0.05) is 12.8 Å². The highest BCUT2D eigenvalue weighted by Crippen LogP contribution is 2.36. The molecule has 1 aliphatic carbocycles. The van der Waals surface area contributed by atoms with Gasteiger partial charge >= 0.3 is 0 Å². The van der Waals surface area contributed by atoms with Crippen molar-refractivity contribution in [2.75, 3.05) is 26.2 Å². The van der Waals surface area contributed by atoms with Crippen LogP contribution in [0.15, 0.2) is 0 Å². The van der Waals surface area contributed by atoms with Crippen LogP contribution in [0.3, 0.4) is 0 Å². The molecule has 0 aromatic heterocycles. The van der Waals surface area contributed by atoms with Gasteiger partial charge in [0.2, 0.25) is 0 Å². The normalized spacial score (nSPS) is 42.0. The fraction of sp³-hybridized carbons (Fsp3) is 1.00. The lowest BCUT2D eigenvalue weighted by molar-refractivity contribution is 0.289. The van der Waals surface area contributed by atoms with Crippen LogP contribution in [0.1, 0.15) is 38.5 Å². The summed E-state index contributed by atoms with van der Waals surface area (Å²) in [7, 11) is 0. The Balaban J connectivity index is 1.51. The number of nitrogens with one attached hydrogen (secondary N) is 1. The average Bonchev–Trinajstić information content (AvgIpc) is 2.86. The van der Waals surface area contributed by atoms with Gasteiger partial charge in [0.25, 0.3) is 0 Å². The van der Waals surface area contributed by atoms with Gasteiger partial charge in [-0.3, -0.25) is 0 Å². The molecule has 0 amide bonds. The van der Waals surface area contributed by atoms with Gasteiger partial charge in [0.05, 0.1) is 0 Å². The largest absolute Gasteiger partial charge is 0.313 e. The van der Waals surface area contributed by atoms with Crippen molar-refractivity contribution in [1.29, 1.82) is 0 Å². The van der Waals surface area contributed by atoms with E-state index in [-0.39, 0.29) is 0 Å². The van der Waals surface area contributed by atoms with Gasteiger partial charge in [-0.25, -0.2) is 0 Å².